The van der Waals surface area contributed by atoms with Gasteiger partial charge < -0.3 is 10.6 Å². The molecule has 2 rings (SSSR count). The number of aryl methyl sites for hydroxylation is 1. The fraction of sp³-hybridized carbons (Fsp3) is 0.692. The zero-order chi connectivity index (χ0) is 12.8. The first-order valence-corrected chi connectivity index (χ1v) is 6.88. The van der Waals surface area contributed by atoms with E-state index in [0.717, 1.165) is 25.1 Å². The van der Waals surface area contributed by atoms with E-state index in [0.29, 0.717) is 6.04 Å². The highest BCUT2D eigenvalue weighted by Crippen LogP contribution is 2.17. The maximum atomic E-state index is 11.8. The molecule has 0 atom stereocenters. The second-order valence-electron chi connectivity index (χ2n) is 4.87. The Bertz CT molecular complexity index is 380. The molecule has 1 aliphatic carbocycles. The van der Waals surface area contributed by atoms with Gasteiger partial charge in [0, 0.05) is 18.8 Å². The average Bonchev–Trinajstić information content (AvgIpc) is 2.65. The molecule has 100 valence electrons. The lowest BCUT2D eigenvalue weighted by Gasteiger charge is -2.16. The standard InChI is InChI=1S/C13H22N4O/c1-2-17-10-12(9-14-17)16-13(18)15-11-7-5-3-4-6-8-11/h9-11H,2-8H2,1H3,(H2,15,16,18). The van der Waals surface area contributed by atoms with Crippen LogP contribution in [0.5, 0.6) is 0 Å². The van der Waals surface area contributed by atoms with Gasteiger partial charge in [-0.25, -0.2) is 4.79 Å². The minimum absolute atomic E-state index is 0.113. The van der Waals surface area contributed by atoms with Gasteiger partial charge in [0.05, 0.1) is 11.9 Å². The SMILES string of the molecule is CCn1cc(NC(=O)NC2CCCCCC2)cn1. The molecule has 0 bridgehead atoms. The Morgan fingerprint density at radius 3 is 2.72 bits per heavy atom. The third-order valence-corrected chi connectivity index (χ3v) is 3.41. The van der Waals surface area contributed by atoms with E-state index in [1.807, 2.05) is 13.1 Å². The lowest BCUT2D eigenvalue weighted by molar-refractivity contribution is 0.247. The van der Waals surface area contributed by atoms with Crippen molar-refractivity contribution in [2.24, 2.45) is 0 Å². The summed E-state index contributed by atoms with van der Waals surface area (Å²) in [6.07, 6.45) is 10.7. The maximum Gasteiger partial charge on any atom is 0.319 e. The van der Waals surface area contributed by atoms with Crippen molar-refractivity contribution in [2.45, 2.75) is 58.0 Å². The first-order chi connectivity index (χ1) is 8.78. The monoisotopic (exact) mass is 250 g/mol. The van der Waals surface area contributed by atoms with Crippen molar-refractivity contribution in [3.8, 4) is 0 Å². The first kappa shape index (κ1) is 12.9. The predicted octanol–water partition coefficient (Wildman–Crippen LogP) is 2.75. The number of amides is 2. The van der Waals surface area contributed by atoms with Crippen LogP contribution < -0.4 is 10.6 Å². The fourth-order valence-electron chi connectivity index (χ4n) is 2.38. The van der Waals surface area contributed by atoms with E-state index in [9.17, 15) is 4.79 Å². The van der Waals surface area contributed by atoms with Crippen LogP contribution in [0.4, 0.5) is 10.5 Å². The zero-order valence-corrected chi connectivity index (χ0v) is 11.0. The van der Waals surface area contributed by atoms with E-state index in [1.165, 1.54) is 25.7 Å². The molecule has 0 unspecified atom stereocenters. The quantitative estimate of drug-likeness (QED) is 0.810. The summed E-state index contributed by atoms with van der Waals surface area (Å²) in [4.78, 5) is 11.8. The molecule has 5 nitrogen and oxygen atoms in total. The number of nitrogens with zero attached hydrogens (tertiary/aromatic N) is 2. The Kier molecular flexibility index (Phi) is 4.61. The molecule has 0 spiro atoms. The highest BCUT2D eigenvalue weighted by Gasteiger charge is 2.14. The van der Waals surface area contributed by atoms with Crippen molar-refractivity contribution in [2.75, 3.05) is 5.32 Å². The van der Waals surface area contributed by atoms with Crippen molar-refractivity contribution in [1.29, 1.82) is 0 Å². The van der Waals surface area contributed by atoms with Crippen LogP contribution >= 0.6 is 0 Å². The number of nitrogens with one attached hydrogen (secondary N) is 2. The third kappa shape index (κ3) is 3.75. The number of carbonyl (C=O) groups is 1. The van der Waals surface area contributed by atoms with Gasteiger partial charge in [0.2, 0.25) is 0 Å². The Morgan fingerprint density at radius 1 is 1.39 bits per heavy atom. The molecule has 0 saturated heterocycles. The topological polar surface area (TPSA) is 59.0 Å². The Labute approximate surface area is 108 Å². The van der Waals surface area contributed by atoms with Crippen molar-refractivity contribution in [1.82, 2.24) is 15.1 Å². The summed E-state index contributed by atoms with van der Waals surface area (Å²) in [6, 6.07) is 0.214. The van der Waals surface area contributed by atoms with Crippen LogP contribution in [-0.4, -0.2) is 21.9 Å². The number of anilines is 1. The van der Waals surface area contributed by atoms with E-state index in [-0.39, 0.29) is 6.03 Å². The lowest BCUT2D eigenvalue weighted by Crippen LogP contribution is -2.37. The molecule has 2 amide bonds. The number of carbonyl (C=O) groups excluding carboxylic acids is 1. The van der Waals surface area contributed by atoms with Gasteiger partial charge in [-0.05, 0) is 19.8 Å². The largest absolute Gasteiger partial charge is 0.335 e. The number of urea groups is 1. The van der Waals surface area contributed by atoms with Gasteiger partial charge >= 0.3 is 6.03 Å². The summed E-state index contributed by atoms with van der Waals surface area (Å²) < 4.78 is 1.79. The van der Waals surface area contributed by atoms with Gasteiger partial charge in [-0.15, -0.1) is 0 Å². The first-order valence-electron chi connectivity index (χ1n) is 6.88. The van der Waals surface area contributed by atoms with Crippen molar-refractivity contribution in [3.05, 3.63) is 12.4 Å². The van der Waals surface area contributed by atoms with Gasteiger partial charge in [0.25, 0.3) is 0 Å². The molecule has 2 N–H and O–H groups in total. The number of rotatable bonds is 3. The Hall–Kier alpha value is -1.52. The van der Waals surface area contributed by atoms with Gasteiger partial charge in [0.1, 0.15) is 0 Å². The number of aromatic nitrogens is 2. The van der Waals surface area contributed by atoms with Crippen molar-refractivity contribution < 1.29 is 4.79 Å². The summed E-state index contributed by atoms with van der Waals surface area (Å²) in [5.41, 5.74) is 0.753. The van der Waals surface area contributed by atoms with Crippen LogP contribution in [-0.2, 0) is 6.54 Å². The van der Waals surface area contributed by atoms with Crippen LogP contribution in [0.15, 0.2) is 12.4 Å². The van der Waals surface area contributed by atoms with Gasteiger partial charge in [-0.1, -0.05) is 25.7 Å². The summed E-state index contributed by atoms with van der Waals surface area (Å²) in [7, 11) is 0. The highest BCUT2D eigenvalue weighted by atomic mass is 16.2. The average molecular weight is 250 g/mol. The molecular formula is C13H22N4O. The minimum Gasteiger partial charge on any atom is -0.335 e. The normalized spacial score (nSPS) is 17.2. The molecular weight excluding hydrogens is 228 g/mol. The van der Waals surface area contributed by atoms with Crippen LogP contribution in [0.1, 0.15) is 45.4 Å². The summed E-state index contributed by atoms with van der Waals surface area (Å²) in [5, 5.41) is 10.0. The van der Waals surface area contributed by atoms with E-state index in [2.05, 4.69) is 15.7 Å². The van der Waals surface area contributed by atoms with Gasteiger partial charge in [0.15, 0.2) is 0 Å². The molecule has 5 heteroatoms. The summed E-state index contributed by atoms with van der Waals surface area (Å²) >= 11 is 0. The Morgan fingerprint density at radius 2 is 2.11 bits per heavy atom. The van der Waals surface area contributed by atoms with Crippen LogP contribution in [0.3, 0.4) is 0 Å². The fourth-order valence-corrected chi connectivity index (χ4v) is 2.38. The third-order valence-electron chi connectivity index (χ3n) is 3.41. The summed E-state index contributed by atoms with van der Waals surface area (Å²) in [6.45, 7) is 2.83. The molecule has 0 aromatic carbocycles. The van der Waals surface area contributed by atoms with E-state index >= 15 is 0 Å². The van der Waals surface area contributed by atoms with Gasteiger partial charge in [-0.3, -0.25) is 4.68 Å². The summed E-state index contributed by atoms with van der Waals surface area (Å²) in [5.74, 6) is 0. The maximum absolute atomic E-state index is 11.8. The van der Waals surface area contributed by atoms with E-state index in [1.54, 1.807) is 10.9 Å². The minimum atomic E-state index is -0.113. The molecule has 18 heavy (non-hydrogen) atoms. The highest BCUT2D eigenvalue weighted by molar-refractivity contribution is 5.89. The van der Waals surface area contributed by atoms with E-state index in [4.69, 9.17) is 0 Å². The molecule has 1 aromatic rings. The van der Waals surface area contributed by atoms with E-state index < -0.39 is 0 Å². The molecule has 1 aliphatic rings. The molecule has 1 saturated carbocycles. The van der Waals surface area contributed by atoms with Crippen LogP contribution in [0.2, 0.25) is 0 Å². The number of hydrogen-bond acceptors (Lipinski definition) is 2. The molecule has 1 fully saturated rings. The predicted molar refractivity (Wildman–Crippen MR) is 71.5 cm³/mol. The van der Waals surface area contributed by atoms with Crippen molar-refractivity contribution in [3.63, 3.8) is 0 Å². The van der Waals surface area contributed by atoms with Gasteiger partial charge in [-0.2, -0.15) is 5.10 Å². The van der Waals surface area contributed by atoms with Crippen molar-refractivity contribution >= 4 is 11.7 Å². The lowest BCUT2D eigenvalue weighted by atomic mass is 10.1. The van der Waals surface area contributed by atoms with Crippen LogP contribution in [0.25, 0.3) is 0 Å². The smallest absolute Gasteiger partial charge is 0.319 e. The zero-order valence-electron chi connectivity index (χ0n) is 11.0. The van der Waals surface area contributed by atoms with Crippen LogP contribution in [0, 0.1) is 0 Å². The molecule has 0 aliphatic heterocycles. The number of hydrogen-bond donors (Lipinski definition) is 2. The molecule has 1 heterocycles. The second-order valence-corrected chi connectivity index (χ2v) is 4.87. The Balaban J connectivity index is 1.80. The second kappa shape index (κ2) is 6.42. The molecule has 0 radical (unpaired) electrons. The molecule has 1 aromatic heterocycles.